The van der Waals surface area contributed by atoms with E-state index in [2.05, 4.69) is 4.90 Å². The summed E-state index contributed by atoms with van der Waals surface area (Å²) in [4.78, 5) is 2.37. The molecule has 3 heterocycles. The fourth-order valence-electron chi connectivity index (χ4n) is 2.50. The van der Waals surface area contributed by atoms with Crippen LogP contribution >= 0.6 is 11.6 Å². The number of fused-ring (bicyclic) bond motifs is 7. The zero-order valence-corrected chi connectivity index (χ0v) is 12.6. The summed E-state index contributed by atoms with van der Waals surface area (Å²) >= 11 is 6.09. The molecule has 2 bridgehead atoms. The lowest BCUT2D eigenvalue weighted by Gasteiger charge is -2.32. The Balaban J connectivity index is 1.93. The lowest BCUT2D eigenvalue weighted by Crippen LogP contribution is -2.58. The molecule has 0 saturated carbocycles. The molecule has 0 radical (unpaired) electrons. The van der Waals surface area contributed by atoms with E-state index in [0.717, 1.165) is 31.2 Å². The summed E-state index contributed by atoms with van der Waals surface area (Å²) in [6.45, 7) is 4.92. The average Bonchev–Trinajstić information content (AvgIpc) is 2.54. The summed E-state index contributed by atoms with van der Waals surface area (Å²) in [5, 5.41) is 1.66. The van der Waals surface area contributed by atoms with E-state index in [9.17, 15) is 0 Å². The van der Waals surface area contributed by atoms with Crippen LogP contribution in [0, 0.1) is 0 Å². The number of rotatable bonds is 1. The first kappa shape index (κ1) is 13.5. The Kier molecular flexibility index (Phi) is 4.21. The van der Waals surface area contributed by atoms with Gasteiger partial charge in [0.1, 0.15) is 0 Å². The van der Waals surface area contributed by atoms with Gasteiger partial charge in [0.2, 0.25) is 0 Å². The number of benzene rings is 1. The minimum atomic E-state index is -2.78. The van der Waals surface area contributed by atoms with Gasteiger partial charge in [0.15, 0.2) is 0 Å². The zero-order chi connectivity index (χ0) is 13.1. The van der Waals surface area contributed by atoms with Gasteiger partial charge in [-0.1, -0.05) is 23.7 Å². The quantitative estimate of drug-likeness (QED) is 0.731. The largest absolute Gasteiger partial charge is 0.537 e. The number of hydrogen-bond donors (Lipinski definition) is 0. The maximum absolute atomic E-state index is 6.09. The molecule has 3 aliphatic rings. The van der Waals surface area contributed by atoms with Crippen molar-refractivity contribution in [2.75, 3.05) is 39.5 Å². The molecule has 104 valence electrons. The highest BCUT2D eigenvalue weighted by atomic mass is 35.5. The van der Waals surface area contributed by atoms with E-state index in [-0.39, 0.29) is 0 Å². The van der Waals surface area contributed by atoms with Gasteiger partial charge in [-0.15, -0.1) is 0 Å². The van der Waals surface area contributed by atoms with Gasteiger partial charge in [0, 0.05) is 36.5 Å². The first-order valence-corrected chi connectivity index (χ1v) is 8.79. The van der Waals surface area contributed by atoms with E-state index >= 15 is 0 Å². The lowest BCUT2D eigenvalue weighted by molar-refractivity contribution is 0.0533. The molecule has 0 spiro atoms. The Morgan fingerprint density at radius 1 is 1.00 bits per heavy atom. The van der Waals surface area contributed by atoms with Gasteiger partial charge in [-0.25, -0.2) is 0 Å². The van der Waals surface area contributed by atoms with Crippen molar-refractivity contribution in [3.05, 3.63) is 29.3 Å². The molecular weight excluding hydrogens is 282 g/mol. The Morgan fingerprint density at radius 2 is 1.74 bits per heavy atom. The van der Waals surface area contributed by atoms with Crippen LogP contribution in [0.5, 0.6) is 0 Å². The summed E-state index contributed by atoms with van der Waals surface area (Å²) in [5.74, 6) is 0. The van der Waals surface area contributed by atoms with E-state index in [4.69, 9.17) is 24.9 Å². The predicted molar refractivity (Wildman–Crippen MR) is 75.8 cm³/mol. The van der Waals surface area contributed by atoms with Gasteiger partial charge in [0.25, 0.3) is 0 Å². The van der Waals surface area contributed by atoms with E-state index in [1.165, 1.54) is 0 Å². The number of halogens is 1. The van der Waals surface area contributed by atoms with Crippen LogP contribution in [0.15, 0.2) is 24.3 Å². The lowest BCUT2D eigenvalue weighted by atomic mass is 10.4. The normalized spacial score (nSPS) is 32.2. The highest BCUT2D eigenvalue weighted by Gasteiger charge is 2.45. The third-order valence-corrected chi connectivity index (χ3v) is 6.49. The van der Waals surface area contributed by atoms with E-state index in [1.54, 1.807) is 0 Å². The van der Waals surface area contributed by atoms with Crippen molar-refractivity contribution >= 4 is 25.6 Å². The molecule has 19 heavy (non-hydrogen) atoms. The van der Waals surface area contributed by atoms with E-state index < -0.39 is 8.80 Å². The molecule has 0 unspecified atom stereocenters. The predicted octanol–water partition coefficient (Wildman–Crippen LogP) is 1.25. The standard InChI is InChI=1S/C13H18ClNO3Si/c14-12-3-1-4-13(11-12)19-16-8-2-5-15(6-9-17-19)7-10-18-19/h1,3-4,11H,2,5-10H2. The SMILES string of the molecule is Clc1cccc([Si]23OCCCN(CCO2)CCO3)c1. The van der Waals surface area contributed by atoms with Gasteiger partial charge < -0.3 is 13.3 Å². The Hall–Kier alpha value is -0.433. The summed E-state index contributed by atoms with van der Waals surface area (Å²) < 4.78 is 18.2. The molecule has 1 aromatic carbocycles. The molecule has 1 aromatic rings. The second-order valence-corrected chi connectivity index (χ2v) is 7.80. The van der Waals surface area contributed by atoms with Gasteiger partial charge in [-0.3, -0.25) is 4.90 Å². The van der Waals surface area contributed by atoms with Crippen LogP contribution in [0.25, 0.3) is 0 Å². The molecular formula is C13H18ClNO3Si. The smallest absolute Gasteiger partial charge is 0.370 e. The molecule has 0 N–H and O–H groups in total. The minimum Gasteiger partial charge on any atom is -0.370 e. The van der Waals surface area contributed by atoms with Gasteiger partial charge in [0.05, 0.1) is 13.2 Å². The van der Waals surface area contributed by atoms with Gasteiger partial charge >= 0.3 is 8.80 Å². The van der Waals surface area contributed by atoms with Crippen LogP contribution in [0.3, 0.4) is 0 Å². The molecule has 0 aromatic heterocycles. The molecule has 0 atom stereocenters. The van der Waals surface area contributed by atoms with Crippen LogP contribution in [-0.2, 0) is 13.3 Å². The fraction of sp³-hybridized carbons (Fsp3) is 0.538. The van der Waals surface area contributed by atoms with Gasteiger partial charge in [-0.05, 0) is 18.6 Å². The van der Waals surface area contributed by atoms with Crippen molar-refractivity contribution in [2.24, 2.45) is 0 Å². The molecule has 0 aliphatic carbocycles. The van der Waals surface area contributed by atoms with E-state index in [0.29, 0.717) is 24.8 Å². The molecule has 3 aliphatic heterocycles. The van der Waals surface area contributed by atoms with Crippen molar-refractivity contribution in [1.29, 1.82) is 0 Å². The Morgan fingerprint density at radius 3 is 2.47 bits per heavy atom. The van der Waals surface area contributed by atoms with Crippen LogP contribution in [0.1, 0.15) is 6.42 Å². The average molecular weight is 300 g/mol. The third kappa shape index (κ3) is 3.02. The summed E-state index contributed by atoms with van der Waals surface area (Å²) in [6.07, 6.45) is 1.02. The van der Waals surface area contributed by atoms with Crippen molar-refractivity contribution in [1.82, 2.24) is 4.90 Å². The fourth-order valence-corrected chi connectivity index (χ4v) is 5.30. The minimum absolute atomic E-state index is 0.652. The molecule has 3 saturated heterocycles. The van der Waals surface area contributed by atoms with Crippen molar-refractivity contribution in [2.45, 2.75) is 6.42 Å². The Labute approximate surface area is 119 Å². The van der Waals surface area contributed by atoms with Crippen molar-refractivity contribution in [3.63, 3.8) is 0 Å². The van der Waals surface area contributed by atoms with Crippen molar-refractivity contribution < 1.29 is 13.3 Å². The van der Waals surface area contributed by atoms with Crippen LogP contribution < -0.4 is 5.19 Å². The second kappa shape index (κ2) is 5.91. The molecule has 0 amide bonds. The molecule has 4 nitrogen and oxygen atoms in total. The highest BCUT2D eigenvalue weighted by molar-refractivity contribution is 6.75. The molecule has 6 heteroatoms. The maximum Gasteiger partial charge on any atom is 0.537 e. The first-order chi connectivity index (χ1) is 9.28. The van der Waals surface area contributed by atoms with Gasteiger partial charge in [-0.2, -0.15) is 0 Å². The van der Waals surface area contributed by atoms with E-state index in [1.807, 2.05) is 24.3 Å². The topological polar surface area (TPSA) is 30.9 Å². The second-order valence-electron chi connectivity index (χ2n) is 4.81. The van der Waals surface area contributed by atoms with Crippen LogP contribution in [0.4, 0.5) is 0 Å². The monoisotopic (exact) mass is 299 g/mol. The van der Waals surface area contributed by atoms with Crippen molar-refractivity contribution in [3.8, 4) is 0 Å². The first-order valence-electron chi connectivity index (χ1n) is 6.69. The number of nitrogens with zero attached hydrogens (tertiary/aromatic N) is 1. The zero-order valence-electron chi connectivity index (χ0n) is 10.8. The molecule has 4 rings (SSSR count). The third-order valence-electron chi connectivity index (χ3n) is 3.49. The summed E-state index contributed by atoms with van der Waals surface area (Å²) in [5.41, 5.74) is 0. The van der Waals surface area contributed by atoms with Crippen LogP contribution in [-0.4, -0.2) is 53.2 Å². The Bertz CT molecular complexity index is 430. The number of hydrogen-bond acceptors (Lipinski definition) is 4. The highest BCUT2D eigenvalue weighted by Crippen LogP contribution is 2.18. The maximum atomic E-state index is 6.09. The summed E-state index contributed by atoms with van der Waals surface area (Å²) in [7, 11) is -2.78. The summed E-state index contributed by atoms with van der Waals surface area (Å²) in [6, 6.07) is 7.68. The van der Waals surface area contributed by atoms with Crippen LogP contribution in [0.2, 0.25) is 5.02 Å². The molecule has 3 fully saturated rings.